The molecule has 1 aromatic carbocycles. The van der Waals surface area contributed by atoms with Crippen molar-refractivity contribution in [1.82, 2.24) is 10.2 Å². The van der Waals surface area contributed by atoms with Crippen molar-refractivity contribution in [2.24, 2.45) is 0 Å². The van der Waals surface area contributed by atoms with Gasteiger partial charge in [0, 0.05) is 12.6 Å². The van der Waals surface area contributed by atoms with E-state index in [1.807, 2.05) is 0 Å². The second-order valence-corrected chi connectivity index (χ2v) is 5.49. The second-order valence-electron chi connectivity index (χ2n) is 5.49. The van der Waals surface area contributed by atoms with Gasteiger partial charge < -0.3 is 10.2 Å². The maximum Gasteiger partial charge on any atom is 0.0167 e. The maximum absolute atomic E-state index is 3.69. The standard InChI is InChI=1S/C17H26N2/c1-3-19-11-9-17(10-12-19)18-14-15(2)13-16-7-5-4-6-8-16/h4-8,13,17-18H,3,9-12,14H2,1-2H3/b15-13-. The Bertz CT molecular complexity index is 389. The highest BCUT2D eigenvalue weighted by molar-refractivity contribution is 5.52. The molecule has 1 saturated heterocycles. The Hall–Kier alpha value is -1.12. The third-order valence-electron chi connectivity index (χ3n) is 3.92. The van der Waals surface area contributed by atoms with Gasteiger partial charge in [-0.25, -0.2) is 0 Å². The van der Waals surface area contributed by atoms with Crippen LogP contribution in [-0.4, -0.2) is 37.1 Å². The van der Waals surface area contributed by atoms with E-state index >= 15 is 0 Å². The van der Waals surface area contributed by atoms with Crippen molar-refractivity contribution in [3.05, 3.63) is 41.5 Å². The fourth-order valence-corrected chi connectivity index (χ4v) is 2.64. The SMILES string of the molecule is CCN1CCC(NC/C(C)=C\c2ccccc2)CC1. The molecule has 104 valence electrons. The molecule has 0 atom stereocenters. The van der Waals surface area contributed by atoms with Crippen LogP contribution in [0.4, 0.5) is 0 Å². The molecular formula is C17H26N2. The predicted octanol–water partition coefficient (Wildman–Crippen LogP) is 3.16. The predicted molar refractivity (Wildman–Crippen MR) is 83.2 cm³/mol. The summed E-state index contributed by atoms with van der Waals surface area (Å²) in [5, 5.41) is 3.69. The Morgan fingerprint density at radius 3 is 2.58 bits per heavy atom. The monoisotopic (exact) mass is 258 g/mol. The summed E-state index contributed by atoms with van der Waals surface area (Å²) < 4.78 is 0. The lowest BCUT2D eigenvalue weighted by atomic mass is 10.0. The van der Waals surface area contributed by atoms with E-state index in [1.54, 1.807) is 0 Å². The summed E-state index contributed by atoms with van der Waals surface area (Å²) in [6.45, 7) is 9.15. The molecule has 1 aliphatic heterocycles. The number of nitrogens with one attached hydrogen (secondary N) is 1. The van der Waals surface area contributed by atoms with Crippen LogP contribution >= 0.6 is 0 Å². The Balaban J connectivity index is 1.75. The molecular weight excluding hydrogens is 232 g/mol. The van der Waals surface area contributed by atoms with Crippen LogP contribution < -0.4 is 5.32 Å². The maximum atomic E-state index is 3.69. The highest BCUT2D eigenvalue weighted by atomic mass is 15.1. The summed E-state index contributed by atoms with van der Waals surface area (Å²) in [6, 6.07) is 11.3. The molecule has 2 rings (SSSR count). The molecule has 0 saturated carbocycles. The van der Waals surface area contributed by atoms with Crippen molar-refractivity contribution < 1.29 is 0 Å². The lowest BCUT2D eigenvalue weighted by molar-refractivity contribution is 0.208. The number of benzene rings is 1. The Labute approximate surface area is 117 Å². The minimum atomic E-state index is 0.696. The van der Waals surface area contributed by atoms with E-state index in [-0.39, 0.29) is 0 Å². The lowest BCUT2D eigenvalue weighted by Gasteiger charge is -2.31. The minimum absolute atomic E-state index is 0.696. The molecule has 0 aliphatic carbocycles. The van der Waals surface area contributed by atoms with E-state index in [2.05, 4.69) is 60.5 Å². The summed E-state index contributed by atoms with van der Waals surface area (Å²) in [5.41, 5.74) is 2.70. The smallest absolute Gasteiger partial charge is 0.0167 e. The number of rotatable bonds is 5. The molecule has 1 N–H and O–H groups in total. The third-order valence-corrected chi connectivity index (χ3v) is 3.92. The molecule has 2 nitrogen and oxygen atoms in total. The fraction of sp³-hybridized carbons (Fsp3) is 0.529. The highest BCUT2D eigenvalue weighted by Crippen LogP contribution is 2.11. The van der Waals surface area contributed by atoms with Gasteiger partial charge in [0.25, 0.3) is 0 Å². The number of hydrogen-bond donors (Lipinski definition) is 1. The van der Waals surface area contributed by atoms with E-state index < -0.39 is 0 Å². The molecule has 1 heterocycles. The van der Waals surface area contributed by atoms with Crippen LogP contribution in [0.1, 0.15) is 32.3 Å². The molecule has 19 heavy (non-hydrogen) atoms. The quantitative estimate of drug-likeness (QED) is 0.872. The third kappa shape index (κ3) is 4.81. The lowest BCUT2D eigenvalue weighted by Crippen LogP contribution is -2.42. The molecule has 0 aromatic heterocycles. The first-order valence-corrected chi connectivity index (χ1v) is 7.46. The van der Waals surface area contributed by atoms with Gasteiger partial charge in [-0.1, -0.05) is 48.9 Å². The Morgan fingerprint density at radius 2 is 1.95 bits per heavy atom. The molecule has 1 aliphatic rings. The zero-order valence-corrected chi connectivity index (χ0v) is 12.2. The Kier molecular flexibility index (Phi) is 5.62. The molecule has 0 radical (unpaired) electrons. The van der Waals surface area contributed by atoms with Crippen molar-refractivity contribution in [2.75, 3.05) is 26.2 Å². The highest BCUT2D eigenvalue weighted by Gasteiger charge is 2.16. The fourth-order valence-electron chi connectivity index (χ4n) is 2.64. The van der Waals surface area contributed by atoms with Crippen LogP contribution in [0.5, 0.6) is 0 Å². The first-order chi connectivity index (χ1) is 9.28. The van der Waals surface area contributed by atoms with Gasteiger partial charge in [-0.3, -0.25) is 0 Å². The van der Waals surface area contributed by atoms with Crippen molar-refractivity contribution in [3.63, 3.8) is 0 Å². The summed E-state index contributed by atoms with van der Waals surface area (Å²) in [5.74, 6) is 0. The van der Waals surface area contributed by atoms with Gasteiger partial charge >= 0.3 is 0 Å². The number of nitrogens with zero attached hydrogens (tertiary/aromatic N) is 1. The van der Waals surface area contributed by atoms with Gasteiger partial charge in [0.1, 0.15) is 0 Å². The van der Waals surface area contributed by atoms with Gasteiger partial charge in [0.15, 0.2) is 0 Å². The minimum Gasteiger partial charge on any atom is -0.310 e. The molecule has 0 spiro atoms. The largest absolute Gasteiger partial charge is 0.310 e. The van der Waals surface area contributed by atoms with Gasteiger partial charge in [-0.2, -0.15) is 0 Å². The topological polar surface area (TPSA) is 15.3 Å². The van der Waals surface area contributed by atoms with Crippen LogP contribution in [-0.2, 0) is 0 Å². The average Bonchev–Trinajstić information content (AvgIpc) is 2.47. The molecule has 1 fully saturated rings. The molecule has 1 aromatic rings. The van der Waals surface area contributed by atoms with Gasteiger partial charge in [0.05, 0.1) is 0 Å². The van der Waals surface area contributed by atoms with E-state index in [0.29, 0.717) is 6.04 Å². The van der Waals surface area contributed by atoms with Crippen molar-refractivity contribution in [2.45, 2.75) is 32.7 Å². The van der Waals surface area contributed by atoms with Gasteiger partial charge in [-0.15, -0.1) is 0 Å². The van der Waals surface area contributed by atoms with E-state index in [9.17, 15) is 0 Å². The van der Waals surface area contributed by atoms with Crippen molar-refractivity contribution >= 4 is 6.08 Å². The average molecular weight is 258 g/mol. The molecule has 0 unspecified atom stereocenters. The number of hydrogen-bond acceptors (Lipinski definition) is 2. The van der Waals surface area contributed by atoms with Crippen molar-refractivity contribution in [1.29, 1.82) is 0 Å². The summed E-state index contributed by atoms with van der Waals surface area (Å²) >= 11 is 0. The molecule has 0 amide bonds. The van der Waals surface area contributed by atoms with Gasteiger partial charge in [0.2, 0.25) is 0 Å². The summed E-state index contributed by atoms with van der Waals surface area (Å²) in [7, 11) is 0. The normalized spacial score (nSPS) is 18.7. The first-order valence-electron chi connectivity index (χ1n) is 7.46. The molecule has 2 heteroatoms. The number of likely N-dealkylation sites (tertiary alicyclic amines) is 1. The van der Waals surface area contributed by atoms with Crippen LogP contribution in [0.15, 0.2) is 35.9 Å². The van der Waals surface area contributed by atoms with Crippen molar-refractivity contribution in [3.8, 4) is 0 Å². The van der Waals surface area contributed by atoms with E-state index in [0.717, 1.165) is 6.54 Å². The van der Waals surface area contributed by atoms with Gasteiger partial charge in [-0.05, 0) is 45.0 Å². The summed E-state index contributed by atoms with van der Waals surface area (Å²) in [6.07, 6.45) is 4.84. The van der Waals surface area contributed by atoms with Crippen LogP contribution in [0.3, 0.4) is 0 Å². The van der Waals surface area contributed by atoms with E-state index in [4.69, 9.17) is 0 Å². The van der Waals surface area contributed by atoms with Crippen LogP contribution in [0, 0.1) is 0 Å². The van der Waals surface area contributed by atoms with E-state index in [1.165, 1.54) is 43.6 Å². The number of piperidine rings is 1. The first kappa shape index (κ1) is 14.3. The summed E-state index contributed by atoms with van der Waals surface area (Å²) in [4.78, 5) is 2.53. The second kappa shape index (κ2) is 7.46. The molecule has 0 bridgehead atoms. The Morgan fingerprint density at radius 1 is 1.26 bits per heavy atom. The zero-order valence-electron chi connectivity index (χ0n) is 12.2. The van der Waals surface area contributed by atoms with Crippen LogP contribution in [0.25, 0.3) is 6.08 Å². The van der Waals surface area contributed by atoms with Crippen LogP contribution in [0.2, 0.25) is 0 Å². The zero-order chi connectivity index (χ0) is 13.5.